The number of nitrogen functional groups attached to an aromatic ring is 1. The number of anilines is 1. The lowest BCUT2D eigenvalue weighted by atomic mass is 10.1. The Bertz CT molecular complexity index is 618. The Balaban J connectivity index is 0.00000161. The molecule has 1 aromatic carbocycles. The van der Waals surface area contributed by atoms with Gasteiger partial charge in [-0.05, 0) is 48.7 Å². The zero-order chi connectivity index (χ0) is 13.9. The maximum Gasteiger partial charge on any atom is 0.254 e. The monoisotopic (exact) mass is 303 g/mol. The van der Waals surface area contributed by atoms with Crippen molar-refractivity contribution in [3.8, 4) is 0 Å². The maximum absolute atomic E-state index is 12.6. The Morgan fingerprint density at radius 1 is 1.24 bits per heavy atom. The van der Waals surface area contributed by atoms with Gasteiger partial charge in [-0.3, -0.25) is 9.78 Å². The Labute approximate surface area is 130 Å². The third-order valence-corrected chi connectivity index (χ3v) is 3.74. The summed E-state index contributed by atoms with van der Waals surface area (Å²) in [6.45, 7) is 0.792. The summed E-state index contributed by atoms with van der Waals surface area (Å²) in [5.41, 5.74) is 8.19. The lowest BCUT2D eigenvalue weighted by Crippen LogP contribution is -2.30. The number of likely N-dealkylation sites (tertiary alicyclic amines) is 1. The van der Waals surface area contributed by atoms with Crippen molar-refractivity contribution < 1.29 is 4.79 Å². The van der Waals surface area contributed by atoms with E-state index in [-0.39, 0.29) is 24.4 Å². The lowest BCUT2D eigenvalue weighted by Gasteiger charge is -2.25. The molecule has 1 atom stereocenters. The minimum absolute atomic E-state index is 0. The number of pyridine rings is 1. The van der Waals surface area contributed by atoms with Crippen LogP contribution in [0.2, 0.25) is 0 Å². The first kappa shape index (κ1) is 15.3. The van der Waals surface area contributed by atoms with Gasteiger partial charge in [0, 0.05) is 30.2 Å². The quantitative estimate of drug-likeness (QED) is 0.867. The molecule has 2 heterocycles. The number of halogens is 1. The highest BCUT2D eigenvalue weighted by Gasteiger charge is 2.30. The number of aromatic nitrogens is 1. The Hall–Kier alpha value is -2.07. The van der Waals surface area contributed by atoms with Crippen LogP contribution in [0.25, 0.3) is 0 Å². The van der Waals surface area contributed by atoms with Crippen molar-refractivity contribution in [1.82, 2.24) is 9.88 Å². The predicted molar refractivity (Wildman–Crippen MR) is 85.4 cm³/mol. The van der Waals surface area contributed by atoms with E-state index < -0.39 is 0 Å². The number of hydrogen-bond acceptors (Lipinski definition) is 3. The van der Waals surface area contributed by atoms with E-state index in [4.69, 9.17) is 5.73 Å². The zero-order valence-corrected chi connectivity index (χ0v) is 12.4. The highest BCUT2D eigenvalue weighted by atomic mass is 35.5. The minimum Gasteiger partial charge on any atom is -0.399 e. The van der Waals surface area contributed by atoms with Crippen LogP contribution in [0.15, 0.2) is 48.8 Å². The summed E-state index contributed by atoms with van der Waals surface area (Å²) in [5, 5.41) is 0. The SMILES string of the molecule is Cl.Nc1cccc(C(=O)N2CCCC2c2ccncc2)c1. The van der Waals surface area contributed by atoms with Crippen LogP contribution in [0.1, 0.15) is 34.8 Å². The fraction of sp³-hybridized carbons (Fsp3) is 0.250. The fourth-order valence-electron chi connectivity index (χ4n) is 2.78. The topological polar surface area (TPSA) is 59.2 Å². The molecule has 3 rings (SSSR count). The second-order valence-electron chi connectivity index (χ2n) is 5.06. The van der Waals surface area contributed by atoms with Gasteiger partial charge in [0.25, 0.3) is 5.91 Å². The van der Waals surface area contributed by atoms with Gasteiger partial charge < -0.3 is 10.6 Å². The maximum atomic E-state index is 12.6. The average molecular weight is 304 g/mol. The number of amides is 1. The second-order valence-corrected chi connectivity index (χ2v) is 5.06. The highest BCUT2D eigenvalue weighted by Crippen LogP contribution is 2.32. The van der Waals surface area contributed by atoms with Crippen LogP contribution in [0.3, 0.4) is 0 Å². The first-order valence-electron chi connectivity index (χ1n) is 6.82. The first-order chi connectivity index (χ1) is 9.75. The van der Waals surface area contributed by atoms with E-state index in [1.807, 2.05) is 29.2 Å². The summed E-state index contributed by atoms with van der Waals surface area (Å²) in [4.78, 5) is 18.6. The molecule has 1 fully saturated rings. The van der Waals surface area contributed by atoms with Crippen molar-refractivity contribution in [3.05, 3.63) is 59.9 Å². The van der Waals surface area contributed by atoms with Gasteiger partial charge in [0.15, 0.2) is 0 Å². The molecular formula is C16H18ClN3O. The number of benzene rings is 1. The molecule has 0 radical (unpaired) electrons. The van der Waals surface area contributed by atoms with Crippen molar-refractivity contribution in [2.24, 2.45) is 0 Å². The number of carbonyl (C=O) groups is 1. The molecule has 2 aromatic rings. The van der Waals surface area contributed by atoms with E-state index in [0.29, 0.717) is 11.3 Å². The average Bonchev–Trinajstić information content (AvgIpc) is 2.97. The summed E-state index contributed by atoms with van der Waals surface area (Å²) in [6, 6.07) is 11.3. The van der Waals surface area contributed by atoms with Crippen molar-refractivity contribution in [2.75, 3.05) is 12.3 Å². The Morgan fingerprint density at radius 3 is 2.71 bits per heavy atom. The highest BCUT2D eigenvalue weighted by molar-refractivity contribution is 5.95. The van der Waals surface area contributed by atoms with Crippen molar-refractivity contribution in [3.63, 3.8) is 0 Å². The smallest absolute Gasteiger partial charge is 0.254 e. The van der Waals surface area contributed by atoms with E-state index in [1.54, 1.807) is 24.5 Å². The largest absolute Gasteiger partial charge is 0.399 e. The summed E-state index contributed by atoms with van der Waals surface area (Å²) < 4.78 is 0. The standard InChI is InChI=1S/C16H17N3O.ClH/c17-14-4-1-3-13(11-14)16(20)19-10-2-5-15(19)12-6-8-18-9-7-12;/h1,3-4,6-9,11,15H,2,5,10,17H2;1H. The van der Waals surface area contributed by atoms with E-state index in [9.17, 15) is 4.79 Å². The number of hydrogen-bond donors (Lipinski definition) is 1. The molecule has 1 aliphatic rings. The molecule has 1 saturated heterocycles. The number of nitrogens with two attached hydrogens (primary N) is 1. The molecule has 0 saturated carbocycles. The van der Waals surface area contributed by atoms with Crippen LogP contribution in [0.4, 0.5) is 5.69 Å². The molecular weight excluding hydrogens is 286 g/mol. The van der Waals surface area contributed by atoms with E-state index in [0.717, 1.165) is 24.9 Å². The van der Waals surface area contributed by atoms with Crippen LogP contribution in [-0.4, -0.2) is 22.3 Å². The van der Waals surface area contributed by atoms with Gasteiger partial charge in [0.2, 0.25) is 0 Å². The van der Waals surface area contributed by atoms with E-state index >= 15 is 0 Å². The van der Waals surface area contributed by atoms with E-state index in [2.05, 4.69) is 4.98 Å². The van der Waals surface area contributed by atoms with Crippen LogP contribution < -0.4 is 5.73 Å². The van der Waals surface area contributed by atoms with Crippen LogP contribution in [0, 0.1) is 0 Å². The minimum atomic E-state index is 0. The van der Waals surface area contributed by atoms with Crippen molar-refractivity contribution >= 4 is 24.0 Å². The number of carbonyl (C=O) groups excluding carboxylic acids is 1. The molecule has 1 aromatic heterocycles. The molecule has 110 valence electrons. The van der Waals surface area contributed by atoms with Crippen molar-refractivity contribution in [1.29, 1.82) is 0 Å². The number of rotatable bonds is 2. The molecule has 21 heavy (non-hydrogen) atoms. The van der Waals surface area contributed by atoms with Crippen LogP contribution in [0.5, 0.6) is 0 Å². The van der Waals surface area contributed by atoms with Gasteiger partial charge in [0.05, 0.1) is 6.04 Å². The first-order valence-corrected chi connectivity index (χ1v) is 6.82. The van der Waals surface area contributed by atoms with Gasteiger partial charge in [0.1, 0.15) is 0 Å². The molecule has 0 aliphatic carbocycles. The summed E-state index contributed by atoms with van der Waals surface area (Å²) in [6.07, 6.45) is 5.58. The molecule has 1 unspecified atom stereocenters. The third-order valence-electron chi connectivity index (χ3n) is 3.74. The normalized spacial score (nSPS) is 17.3. The molecule has 2 N–H and O–H groups in total. The van der Waals surface area contributed by atoms with Gasteiger partial charge in [-0.15, -0.1) is 12.4 Å². The summed E-state index contributed by atoms with van der Waals surface area (Å²) in [5.74, 6) is 0.0524. The fourth-order valence-corrected chi connectivity index (χ4v) is 2.78. The van der Waals surface area contributed by atoms with Crippen molar-refractivity contribution in [2.45, 2.75) is 18.9 Å². The Morgan fingerprint density at radius 2 is 2.00 bits per heavy atom. The third kappa shape index (κ3) is 3.16. The Kier molecular flexibility index (Phi) is 4.81. The summed E-state index contributed by atoms with van der Waals surface area (Å²) in [7, 11) is 0. The van der Waals surface area contributed by atoms with Gasteiger partial charge in [-0.25, -0.2) is 0 Å². The van der Waals surface area contributed by atoms with E-state index in [1.165, 1.54) is 0 Å². The predicted octanol–water partition coefficient (Wildman–Crippen LogP) is 3.06. The molecule has 0 bridgehead atoms. The van der Waals surface area contributed by atoms with Gasteiger partial charge in [-0.2, -0.15) is 0 Å². The molecule has 4 nitrogen and oxygen atoms in total. The second kappa shape index (κ2) is 6.59. The summed E-state index contributed by atoms with van der Waals surface area (Å²) >= 11 is 0. The molecule has 5 heteroatoms. The van der Waals surface area contributed by atoms with Crippen LogP contribution in [-0.2, 0) is 0 Å². The van der Waals surface area contributed by atoms with Gasteiger partial charge >= 0.3 is 0 Å². The van der Waals surface area contributed by atoms with Crippen LogP contribution >= 0.6 is 12.4 Å². The number of nitrogens with zero attached hydrogens (tertiary/aromatic N) is 2. The molecule has 1 aliphatic heterocycles. The zero-order valence-electron chi connectivity index (χ0n) is 11.6. The molecule has 1 amide bonds. The lowest BCUT2D eigenvalue weighted by molar-refractivity contribution is 0.0735. The molecule has 0 spiro atoms. The van der Waals surface area contributed by atoms with Gasteiger partial charge in [-0.1, -0.05) is 6.07 Å².